The summed E-state index contributed by atoms with van der Waals surface area (Å²) >= 11 is 0. The molecule has 0 spiro atoms. The second-order valence-electron chi connectivity index (χ2n) is 10.2. The van der Waals surface area contributed by atoms with E-state index in [0.717, 1.165) is 30.3 Å². The summed E-state index contributed by atoms with van der Waals surface area (Å²) in [6.45, 7) is 0.585. The standard InChI is InChI=1S/C23H26F3N3O2/c24-23(25,26)21(30)31-29-19-6-5-17-3-1-2-4-18(17)13-28(19)20(27-29)22-10-14-7-15(11-22)9-16(8-14)12-22/h1-4,14-16,19H,5-13H2. The van der Waals surface area contributed by atoms with Gasteiger partial charge in [-0.25, -0.2) is 4.79 Å². The highest BCUT2D eigenvalue weighted by Crippen LogP contribution is 2.61. The van der Waals surface area contributed by atoms with Gasteiger partial charge in [0.2, 0.25) is 0 Å². The summed E-state index contributed by atoms with van der Waals surface area (Å²) in [7, 11) is 0. The first-order valence-corrected chi connectivity index (χ1v) is 11.3. The number of nitrogens with zero attached hydrogens (tertiary/aromatic N) is 3. The maximum atomic E-state index is 13.0. The molecular weight excluding hydrogens is 407 g/mol. The first-order chi connectivity index (χ1) is 14.8. The van der Waals surface area contributed by atoms with Gasteiger partial charge < -0.3 is 9.74 Å². The third-order valence-corrected chi connectivity index (χ3v) is 8.13. The summed E-state index contributed by atoms with van der Waals surface area (Å²) in [4.78, 5) is 18.7. The Hall–Kier alpha value is -2.25. The van der Waals surface area contributed by atoms with Gasteiger partial charge in [0.15, 0.2) is 6.17 Å². The van der Waals surface area contributed by atoms with Crippen LogP contribution in [0.25, 0.3) is 0 Å². The van der Waals surface area contributed by atoms with Crippen molar-refractivity contribution in [3.63, 3.8) is 0 Å². The van der Waals surface area contributed by atoms with E-state index >= 15 is 0 Å². The molecule has 4 saturated carbocycles. The van der Waals surface area contributed by atoms with E-state index in [2.05, 4.69) is 22.1 Å². The van der Waals surface area contributed by atoms with Gasteiger partial charge >= 0.3 is 12.1 Å². The minimum Gasteiger partial charge on any atom is -0.329 e. The molecule has 31 heavy (non-hydrogen) atoms. The first kappa shape index (κ1) is 19.4. The molecule has 0 amide bonds. The summed E-state index contributed by atoms with van der Waals surface area (Å²) in [6.07, 6.45) is 2.67. The van der Waals surface area contributed by atoms with Crippen molar-refractivity contribution in [1.82, 2.24) is 10.1 Å². The fourth-order valence-electron chi connectivity index (χ4n) is 7.36. The van der Waals surface area contributed by atoms with E-state index in [1.165, 1.54) is 30.4 Å². The highest BCUT2D eigenvalue weighted by molar-refractivity contribution is 5.90. The number of benzene rings is 1. The molecule has 1 unspecified atom stereocenters. The summed E-state index contributed by atoms with van der Waals surface area (Å²) in [6, 6.07) is 8.15. The molecule has 5 nitrogen and oxygen atoms in total. The van der Waals surface area contributed by atoms with Gasteiger partial charge in [-0.05, 0) is 80.2 Å². The molecule has 2 heterocycles. The zero-order valence-corrected chi connectivity index (χ0v) is 17.3. The number of hydrogen-bond donors (Lipinski definition) is 0. The number of alkyl halides is 3. The van der Waals surface area contributed by atoms with E-state index in [1.54, 1.807) is 0 Å². The molecule has 0 N–H and O–H groups in total. The van der Waals surface area contributed by atoms with E-state index in [9.17, 15) is 18.0 Å². The molecule has 2 aliphatic heterocycles. The van der Waals surface area contributed by atoms with Crippen LogP contribution in [0.15, 0.2) is 29.4 Å². The normalized spacial score (nSPS) is 36.0. The number of aryl methyl sites for hydroxylation is 1. The third-order valence-electron chi connectivity index (χ3n) is 8.13. The predicted octanol–water partition coefficient (Wildman–Crippen LogP) is 4.63. The maximum absolute atomic E-state index is 13.0. The predicted molar refractivity (Wildman–Crippen MR) is 106 cm³/mol. The Kier molecular flexibility index (Phi) is 4.15. The van der Waals surface area contributed by atoms with Crippen LogP contribution >= 0.6 is 0 Å². The molecule has 4 aliphatic carbocycles. The Morgan fingerprint density at radius 3 is 2.26 bits per heavy atom. The lowest BCUT2D eigenvalue weighted by Crippen LogP contribution is -2.54. The molecule has 7 rings (SSSR count). The van der Waals surface area contributed by atoms with Crippen LogP contribution in [0.4, 0.5) is 13.2 Å². The molecule has 6 aliphatic rings. The number of carbonyl (C=O) groups excluding carboxylic acids is 1. The monoisotopic (exact) mass is 433 g/mol. The van der Waals surface area contributed by atoms with Gasteiger partial charge in [-0.3, -0.25) is 0 Å². The number of hydrazone groups is 1. The lowest BCUT2D eigenvalue weighted by molar-refractivity contribution is -0.250. The van der Waals surface area contributed by atoms with Crippen LogP contribution in [0.1, 0.15) is 56.1 Å². The fraction of sp³-hybridized carbons (Fsp3) is 0.652. The molecule has 4 fully saturated rings. The summed E-state index contributed by atoms with van der Waals surface area (Å²) in [5.74, 6) is 0.684. The van der Waals surface area contributed by atoms with E-state index in [4.69, 9.17) is 4.84 Å². The molecular formula is C23H26F3N3O2. The zero-order chi connectivity index (χ0) is 21.4. The summed E-state index contributed by atoms with van der Waals surface area (Å²) in [5, 5.41) is 5.59. The number of halogens is 3. The molecule has 1 aromatic carbocycles. The first-order valence-electron chi connectivity index (χ1n) is 11.3. The fourth-order valence-corrected chi connectivity index (χ4v) is 7.36. The van der Waals surface area contributed by atoms with E-state index < -0.39 is 18.3 Å². The van der Waals surface area contributed by atoms with Gasteiger partial charge in [0.25, 0.3) is 0 Å². The van der Waals surface area contributed by atoms with E-state index in [0.29, 0.717) is 37.1 Å². The molecule has 1 aromatic rings. The van der Waals surface area contributed by atoms with Gasteiger partial charge in [-0.2, -0.15) is 13.2 Å². The van der Waals surface area contributed by atoms with Gasteiger partial charge in [0.1, 0.15) is 5.84 Å². The maximum Gasteiger partial charge on any atom is 0.493 e. The van der Waals surface area contributed by atoms with Gasteiger partial charge in [-0.1, -0.05) is 29.4 Å². The van der Waals surface area contributed by atoms with Crippen molar-refractivity contribution in [2.75, 3.05) is 0 Å². The highest BCUT2D eigenvalue weighted by Gasteiger charge is 2.58. The Labute approximate surface area is 179 Å². The summed E-state index contributed by atoms with van der Waals surface area (Å²) < 4.78 is 38.9. The number of carbonyl (C=O) groups is 1. The second-order valence-corrected chi connectivity index (χ2v) is 10.2. The SMILES string of the molecule is O=C(ON1N=C(C23CC4CC(CC(C4)C2)C3)N2Cc3ccccc3CCC12)C(F)(F)F. The van der Waals surface area contributed by atoms with Crippen molar-refractivity contribution in [2.24, 2.45) is 28.3 Å². The molecule has 0 aromatic heterocycles. The van der Waals surface area contributed by atoms with Gasteiger partial charge in [0.05, 0.1) is 0 Å². The van der Waals surface area contributed by atoms with Gasteiger partial charge in [-0.15, -0.1) is 5.10 Å². The molecule has 1 atom stereocenters. The Balaban J connectivity index is 1.38. The molecule has 0 saturated heterocycles. The van der Waals surface area contributed by atoms with Crippen LogP contribution in [0.5, 0.6) is 0 Å². The van der Waals surface area contributed by atoms with Crippen LogP contribution < -0.4 is 0 Å². The average molecular weight is 433 g/mol. The van der Waals surface area contributed by atoms with Crippen molar-refractivity contribution >= 4 is 11.8 Å². The number of rotatable bonds is 2. The Morgan fingerprint density at radius 2 is 1.65 bits per heavy atom. The summed E-state index contributed by atoms with van der Waals surface area (Å²) in [5.41, 5.74) is 2.27. The smallest absolute Gasteiger partial charge is 0.329 e. The van der Waals surface area contributed by atoms with Crippen molar-refractivity contribution in [1.29, 1.82) is 0 Å². The highest BCUT2D eigenvalue weighted by atomic mass is 19.4. The average Bonchev–Trinajstić information content (AvgIpc) is 2.92. The van der Waals surface area contributed by atoms with Crippen LogP contribution in [0.3, 0.4) is 0 Å². The third kappa shape index (κ3) is 3.12. The number of hydroxylamine groups is 1. The second kappa shape index (κ2) is 6.62. The van der Waals surface area contributed by atoms with Crippen molar-refractivity contribution < 1.29 is 22.8 Å². The number of hydrogen-bond acceptors (Lipinski definition) is 5. The quantitative estimate of drug-likeness (QED) is 0.683. The van der Waals surface area contributed by atoms with Gasteiger partial charge in [0, 0.05) is 12.0 Å². The number of fused-ring (bicyclic) bond motifs is 2. The minimum atomic E-state index is -5.04. The van der Waals surface area contributed by atoms with Crippen LogP contribution in [-0.2, 0) is 22.6 Å². The number of amidine groups is 1. The van der Waals surface area contributed by atoms with Crippen LogP contribution in [0.2, 0.25) is 0 Å². The van der Waals surface area contributed by atoms with Crippen molar-refractivity contribution in [2.45, 2.75) is 70.3 Å². The molecule has 4 bridgehead atoms. The largest absolute Gasteiger partial charge is 0.493 e. The van der Waals surface area contributed by atoms with E-state index in [-0.39, 0.29) is 5.41 Å². The topological polar surface area (TPSA) is 45.1 Å². The molecule has 8 heteroatoms. The van der Waals surface area contributed by atoms with Crippen LogP contribution in [-0.4, -0.2) is 34.2 Å². The Morgan fingerprint density at radius 1 is 1.03 bits per heavy atom. The zero-order valence-electron chi connectivity index (χ0n) is 17.3. The van der Waals surface area contributed by atoms with E-state index in [1.807, 2.05) is 12.1 Å². The minimum absolute atomic E-state index is 0.105. The van der Waals surface area contributed by atoms with Crippen molar-refractivity contribution in [3.8, 4) is 0 Å². The van der Waals surface area contributed by atoms with Crippen LogP contribution in [0, 0.1) is 23.2 Å². The molecule has 0 radical (unpaired) electrons. The Bertz CT molecular complexity index is 909. The lowest BCUT2D eigenvalue weighted by atomic mass is 9.49. The molecule has 166 valence electrons. The van der Waals surface area contributed by atoms with Crippen molar-refractivity contribution in [3.05, 3.63) is 35.4 Å². The lowest BCUT2D eigenvalue weighted by Gasteiger charge is -2.57.